The Labute approximate surface area is 97.6 Å². The van der Waals surface area contributed by atoms with Crippen molar-refractivity contribution in [1.82, 2.24) is 0 Å². The number of halogens is 2. The fraction of sp³-hybridized carbons (Fsp3) is 0.333. The second-order valence-electron chi connectivity index (χ2n) is 3.47. The van der Waals surface area contributed by atoms with E-state index in [9.17, 15) is 13.6 Å². The number of hydrogen-bond donors (Lipinski definition) is 0. The van der Waals surface area contributed by atoms with Crippen LogP contribution in [0.15, 0.2) is 18.2 Å². The minimum Gasteiger partial charge on any atom is -0.384 e. The molecule has 0 aliphatic rings. The Hall–Kier alpha value is -1.80. The lowest BCUT2D eigenvalue weighted by atomic mass is 9.94. The van der Waals surface area contributed by atoms with Crippen LogP contribution in [0.1, 0.15) is 17.9 Å². The number of nitrogens with zero attached hydrogens (tertiary/aromatic N) is 1. The van der Waals surface area contributed by atoms with Crippen molar-refractivity contribution in [2.24, 2.45) is 0 Å². The molecule has 0 bridgehead atoms. The number of methoxy groups -OCH3 is 1. The van der Waals surface area contributed by atoms with E-state index in [0.717, 1.165) is 12.1 Å². The molecule has 0 N–H and O–H groups in total. The number of nitriles is 1. The zero-order valence-corrected chi connectivity index (χ0v) is 9.24. The van der Waals surface area contributed by atoms with Gasteiger partial charge in [0.1, 0.15) is 17.6 Å². The largest absolute Gasteiger partial charge is 0.384 e. The molecule has 0 aliphatic heterocycles. The lowest BCUT2D eigenvalue weighted by molar-refractivity contribution is -0.120. The molecule has 0 saturated carbocycles. The van der Waals surface area contributed by atoms with Crippen LogP contribution >= 0.6 is 0 Å². The normalized spacial score (nSPS) is 11.9. The first kappa shape index (κ1) is 13.3. The summed E-state index contributed by atoms with van der Waals surface area (Å²) in [7, 11) is 1.43. The Bertz CT molecular complexity index is 434. The molecular weight excluding hydrogens is 228 g/mol. The highest BCUT2D eigenvalue weighted by molar-refractivity contribution is 5.88. The first-order valence-corrected chi connectivity index (χ1v) is 4.95. The first-order valence-electron chi connectivity index (χ1n) is 4.95. The standard InChI is InChI=1S/C12H11F2NO2/c1-17-3-2-12(16)11(7-15)8-4-9(13)6-10(14)5-8/h4-6,11H,2-3H2,1H3. The lowest BCUT2D eigenvalue weighted by Crippen LogP contribution is -2.13. The Morgan fingerprint density at radius 2 is 2.00 bits per heavy atom. The van der Waals surface area contributed by atoms with Gasteiger partial charge in [-0.3, -0.25) is 4.79 Å². The van der Waals surface area contributed by atoms with Gasteiger partial charge in [-0.25, -0.2) is 8.78 Å². The predicted octanol–water partition coefficient (Wildman–Crippen LogP) is 2.18. The van der Waals surface area contributed by atoms with Crippen LogP contribution in [0.4, 0.5) is 8.78 Å². The average molecular weight is 239 g/mol. The maximum Gasteiger partial charge on any atom is 0.156 e. The molecular formula is C12H11F2NO2. The van der Waals surface area contributed by atoms with Crippen LogP contribution < -0.4 is 0 Å². The van der Waals surface area contributed by atoms with E-state index in [0.29, 0.717) is 6.07 Å². The monoisotopic (exact) mass is 239 g/mol. The van der Waals surface area contributed by atoms with Gasteiger partial charge in [-0.15, -0.1) is 0 Å². The van der Waals surface area contributed by atoms with Gasteiger partial charge in [0.05, 0.1) is 12.7 Å². The number of carbonyl (C=O) groups excluding carboxylic acids is 1. The molecule has 0 heterocycles. The molecule has 0 aliphatic carbocycles. The lowest BCUT2D eigenvalue weighted by Gasteiger charge is -2.08. The summed E-state index contributed by atoms with van der Waals surface area (Å²) in [5.41, 5.74) is 0.0334. The summed E-state index contributed by atoms with van der Waals surface area (Å²) in [6.07, 6.45) is 0.0346. The van der Waals surface area contributed by atoms with Crippen LogP contribution in [0, 0.1) is 23.0 Å². The van der Waals surface area contributed by atoms with Crippen molar-refractivity contribution in [3.05, 3.63) is 35.4 Å². The van der Waals surface area contributed by atoms with Gasteiger partial charge in [0.15, 0.2) is 5.78 Å². The Kier molecular flexibility index (Phi) is 4.73. The number of carbonyl (C=O) groups is 1. The number of ether oxygens (including phenoxy) is 1. The van der Waals surface area contributed by atoms with Gasteiger partial charge >= 0.3 is 0 Å². The molecule has 5 heteroatoms. The van der Waals surface area contributed by atoms with E-state index in [1.807, 2.05) is 0 Å². The summed E-state index contributed by atoms with van der Waals surface area (Å²) in [4.78, 5) is 11.6. The Morgan fingerprint density at radius 1 is 1.41 bits per heavy atom. The zero-order valence-electron chi connectivity index (χ0n) is 9.24. The average Bonchev–Trinajstić information content (AvgIpc) is 2.26. The number of benzene rings is 1. The molecule has 90 valence electrons. The molecule has 0 saturated heterocycles. The van der Waals surface area contributed by atoms with Gasteiger partial charge in [0.2, 0.25) is 0 Å². The molecule has 0 radical (unpaired) electrons. The topological polar surface area (TPSA) is 50.1 Å². The van der Waals surface area contributed by atoms with Crippen LogP contribution in [0.25, 0.3) is 0 Å². The summed E-state index contributed by atoms with van der Waals surface area (Å²) in [6.45, 7) is 0.175. The van der Waals surface area contributed by atoms with Gasteiger partial charge < -0.3 is 4.74 Å². The maximum absolute atomic E-state index is 13.0. The third kappa shape index (κ3) is 3.61. The summed E-state index contributed by atoms with van der Waals surface area (Å²) in [5.74, 6) is -3.19. The quantitative estimate of drug-likeness (QED) is 0.791. The van der Waals surface area contributed by atoms with E-state index < -0.39 is 23.3 Å². The molecule has 1 aromatic rings. The van der Waals surface area contributed by atoms with Crippen molar-refractivity contribution >= 4 is 5.78 Å². The molecule has 3 nitrogen and oxygen atoms in total. The van der Waals surface area contributed by atoms with Crippen molar-refractivity contribution < 1.29 is 18.3 Å². The maximum atomic E-state index is 13.0. The van der Waals surface area contributed by atoms with E-state index in [1.54, 1.807) is 6.07 Å². The van der Waals surface area contributed by atoms with E-state index in [-0.39, 0.29) is 18.6 Å². The number of hydrogen-bond acceptors (Lipinski definition) is 3. The van der Waals surface area contributed by atoms with Crippen molar-refractivity contribution in [3.63, 3.8) is 0 Å². The minimum absolute atomic E-state index is 0.0334. The van der Waals surface area contributed by atoms with Gasteiger partial charge in [0, 0.05) is 19.6 Å². The summed E-state index contributed by atoms with van der Waals surface area (Å²) in [5, 5.41) is 8.87. The number of rotatable bonds is 5. The molecule has 0 aromatic heterocycles. The van der Waals surface area contributed by atoms with Gasteiger partial charge in [-0.05, 0) is 17.7 Å². The predicted molar refractivity (Wildman–Crippen MR) is 56.2 cm³/mol. The smallest absolute Gasteiger partial charge is 0.156 e. The van der Waals surface area contributed by atoms with Crippen molar-refractivity contribution in [2.45, 2.75) is 12.3 Å². The van der Waals surface area contributed by atoms with Crippen LogP contribution in [0.3, 0.4) is 0 Å². The van der Waals surface area contributed by atoms with Gasteiger partial charge in [-0.1, -0.05) is 0 Å². The zero-order chi connectivity index (χ0) is 12.8. The van der Waals surface area contributed by atoms with Gasteiger partial charge in [0.25, 0.3) is 0 Å². The van der Waals surface area contributed by atoms with Crippen LogP contribution in [0.2, 0.25) is 0 Å². The molecule has 1 aromatic carbocycles. The SMILES string of the molecule is COCCC(=O)C(C#N)c1cc(F)cc(F)c1. The van der Waals surface area contributed by atoms with Crippen molar-refractivity contribution in [2.75, 3.05) is 13.7 Å². The molecule has 1 rings (SSSR count). The Morgan fingerprint density at radius 3 is 2.47 bits per heavy atom. The number of ketones is 1. The second-order valence-corrected chi connectivity index (χ2v) is 3.47. The second kappa shape index (κ2) is 6.06. The summed E-state index contributed by atoms with van der Waals surface area (Å²) < 4.78 is 30.6. The highest BCUT2D eigenvalue weighted by atomic mass is 19.1. The van der Waals surface area contributed by atoms with Crippen molar-refractivity contribution in [3.8, 4) is 6.07 Å². The van der Waals surface area contributed by atoms with E-state index >= 15 is 0 Å². The van der Waals surface area contributed by atoms with E-state index in [2.05, 4.69) is 0 Å². The molecule has 1 unspecified atom stereocenters. The highest BCUT2D eigenvalue weighted by Crippen LogP contribution is 2.20. The minimum atomic E-state index is -1.16. The number of Topliss-reactive ketones (excluding diaryl/α,β-unsaturated/α-hetero) is 1. The fourth-order valence-electron chi connectivity index (χ4n) is 1.42. The molecule has 1 atom stereocenters. The fourth-order valence-corrected chi connectivity index (χ4v) is 1.42. The molecule has 0 spiro atoms. The van der Waals surface area contributed by atoms with E-state index in [1.165, 1.54) is 7.11 Å². The third-order valence-electron chi connectivity index (χ3n) is 2.22. The first-order chi connectivity index (χ1) is 8.08. The summed E-state index contributed by atoms with van der Waals surface area (Å²) >= 11 is 0. The van der Waals surface area contributed by atoms with E-state index in [4.69, 9.17) is 10.00 Å². The highest BCUT2D eigenvalue weighted by Gasteiger charge is 2.20. The summed E-state index contributed by atoms with van der Waals surface area (Å²) in [6, 6.07) is 4.41. The molecule has 0 fully saturated rings. The van der Waals surface area contributed by atoms with Crippen LogP contribution in [-0.4, -0.2) is 19.5 Å². The molecule has 17 heavy (non-hydrogen) atoms. The van der Waals surface area contributed by atoms with Crippen molar-refractivity contribution in [1.29, 1.82) is 5.26 Å². The molecule has 0 amide bonds. The van der Waals surface area contributed by atoms with Gasteiger partial charge in [-0.2, -0.15) is 5.26 Å². The Balaban J connectivity index is 2.94. The van der Waals surface area contributed by atoms with Crippen LogP contribution in [0.5, 0.6) is 0 Å². The third-order valence-corrected chi connectivity index (χ3v) is 2.22. The van der Waals surface area contributed by atoms with Crippen LogP contribution in [-0.2, 0) is 9.53 Å².